The zero-order valence-corrected chi connectivity index (χ0v) is 21.5. The lowest BCUT2D eigenvalue weighted by Crippen LogP contribution is -2.05. The quantitative estimate of drug-likeness (QED) is 0.221. The topological polar surface area (TPSA) is 35.1 Å². The van der Waals surface area contributed by atoms with E-state index >= 15 is 0 Å². The molecule has 1 aliphatic rings. The summed E-state index contributed by atoms with van der Waals surface area (Å²) in [5.74, 6) is 0.800. The highest BCUT2D eigenvalue weighted by Crippen LogP contribution is 2.46. The van der Waals surface area contributed by atoms with E-state index in [0.717, 1.165) is 50.6 Å². The Balaban J connectivity index is 1.40. The molecule has 40 heavy (non-hydrogen) atoms. The minimum Gasteiger partial charge on any atom is -0.293 e. The second kappa shape index (κ2) is 8.01. The maximum Gasteiger partial charge on any atom is 0.158 e. The minimum absolute atomic E-state index is 0.800. The molecular weight excluding hydrogens is 488 g/mol. The van der Waals surface area contributed by atoms with Crippen molar-refractivity contribution in [2.45, 2.75) is 0 Å². The Hall–Kier alpha value is -5.48. The zero-order valence-electron chi connectivity index (χ0n) is 21.5. The fourth-order valence-corrected chi connectivity index (χ4v) is 6.44. The van der Waals surface area contributed by atoms with Crippen molar-refractivity contribution in [3.63, 3.8) is 0 Å². The van der Waals surface area contributed by atoms with Crippen LogP contribution >= 0.6 is 0 Å². The van der Waals surface area contributed by atoms with Crippen LogP contribution in [0.1, 0.15) is 0 Å². The lowest BCUT2D eigenvalue weighted by Gasteiger charge is -2.22. The van der Waals surface area contributed by atoms with Gasteiger partial charge in [-0.2, -0.15) is 0 Å². The molecule has 3 heterocycles. The van der Waals surface area contributed by atoms with Crippen LogP contribution in [0.4, 0.5) is 0 Å². The Kier molecular flexibility index (Phi) is 4.30. The summed E-state index contributed by atoms with van der Waals surface area (Å²) in [6.45, 7) is 0. The van der Waals surface area contributed by atoms with E-state index in [1.54, 1.807) is 0 Å². The number of aromatic nitrogens is 4. The highest BCUT2D eigenvalue weighted by molar-refractivity contribution is 6.01. The van der Waals surface area contributed by atoms with Crippen molar-refractivity contribution in [2.75, 3.05) is 0 Å². The highest BCUT2D eigenvalue weighted by Gasteiger charge is 2.25. The number of hydrogen-bond donors (Lipinski definition) is 0. The van der Waals surface area contributed by atoms with Gasteiger partial charge in [-0.25, -0.2) is 4.98 Å². The van der Waals surface area contributed by atoms with E-state index in [1.807, 2.05) is 6.20 Å². The largest absolute Gasteiger partial charge is 0.293 e. The number of nitrogens with zero attached hydrogens (tertiary/aromatic N) is 4. The van der Waals surface area contributed by atoms with E-state index in [0.29, 0.717) is 0 Å². The fraction of sp³-hybridized carbons (Fsp3) is 0. The van der Waals surface area contributed by atoms with Gasteiger partial charge in [-0.05, 0) is 46.5 Å². The van der Waals surface area contributed by atoms with Crippen molar-refractivity contribution in [3.8, 4) is 50.6 Å². The van der Waals surface area contributed by atoms with E-state index in [9.17, 15) is 0 Å². The van der Waals surface area contributed by atoms with Crippen LogP contribution in [-0.4, -0.2) is 18.9 Å². The molecular formula is C36H22N4. The minimum atomic E-state index is 0.800. The molecule has 4 nitrogen and oxygen atoms in total. The van der Waals surface area contributed by atoms with Gasteiger partial charge in [0.25, 0.3) is 0 Å². The van der Waals surface area contributed by atoms with E-state index in [2.05, 4.69) is 136 Å². The van der Waals surface area contributed by atoms with Crippen LogP contribution in [0.3, 0.4) is 0 Å². The number of imidazole rings is 1. The predicted octanol–water partition coefficient (Wildman–Crippen LogP) is 8.81. The lowest BCUT2D eigenvalue weighted by molar-refractivity contribution is 1.04. The van der Waals surface area contributed by atoms with Crippen molar-refractivity contribution >= 4 is 27.6 Å². The Labute approximate surface area is 230 Å². The summed E-state index contributed by atoms with van der Waals surface area (Å²) >= 11 is 0. The average Bonchev–Trinajstić information content (AvgIpc) is 3.55. The van der Waals surface area contributed by atoms with Crippen molar-refractivity contribution in [2.24, 2.45) is 0 Å². The maximum atomic E-state index is 5.43. The van der Waals surface area contributed by atoms with Crippen LogP contribution in [0.5, 0.6) is 0 Å². The monoisotopic (exact) mass is 510 g/mol. The van der Waals surface area contributed by atoms with Gasteiger partial charge < -0.3 is 0 Å². The zero-order chi connectivity index (χ0) is 26.2. The van der Waals surface area contributed by atoms with E-state index in [4.69, 9.17) is 9.97 Å². The summed E-state index contributed by atoms with van der Waals surface area (Å²) in [6.07, 6.45) is 1.93. The first-order valence-electron chi connectivity index (χ1n) is 13.5. The summed E-state index contributed by atoms with van der Waals surface area (Å²) in [6, 6.07) is 45.0. The first kappa shape index (κ1) is 21.5. The molecule has 0 radical (unpaired) electrons. The van der Waals surface area contributed by atoms with Crippen LogP contribution < -0.4 is 0 Å². The first-order chi connectivity index (χ1) is 19.9. The Morgan fingerprint density at radius 1 is 0.450 bits per heavy atom. The Bertz CT molecular complexity index is 2280. The number of hydrogen-bond acceptors (Lipinski definition) is 2. The summed E-state index contributed by atoms with van der Waals surface area (Å²) in [4.78, 5) is 10.6. The molecule has 0 fully saturated rings. The molecule has 0 bridgehead atoms. The molecule has 1 aliphatic carbocycles. The third-order valence-electron chi connectivity index (χ3n) is 8.14. The smallest absolute Gasteiger partial charge is 0.158 e. The maximum absolute atomic E-state index is 5.43. The molecule has 9 rings (SSSR count). The van der Waals surface area contributed by atoms with Gasteiger partial charge in [-0.1, -0.05) is 103 Å². The fourth-order valence-electron chi connectivity index (χ4n) is 6.44. The van der Waals surface area contributed by atoms with Gasteiger partial charge in [0, 0.05) is 16.5 Å². The van der Waals surface area contributed by atoms with Crippen LogP contribution in [0.15, 0.2) is 134 Å². The van der Waals surface area contributed by atoms with Crippen LogP contribution in [-0.2, 0) is 0 Å². The molecule has 8 aromatic rings. The number of fused-ring (bicyclic) bond motifs is 13. The van der Waals surface area contributed by atoms with Crippen LogP contribution in [0, 0.1) is 0 Å². The van der Waals surface area contributed by atoms with Crippen LogP contribution in [0.25, 0.3) is 78.2 Å². The van der Waals surface area contributed by atoms with E-state index in [-0.39, 0.29) is 0 Å². The van der Waals surface area contributed by atoms with Gasteiger partial charge in [0.2, 0.25) is 0 Å². The van der Waals surface area contributed by atoms with Gasteiger partial charge in [-0.3, -0.25) is 14.0 Å². The van der Waals surface area contributed by atoms with Gasteiger partial charge in [0.1, 0.15) is 5.65 Å². The van der Waals surface area contributed by atoms with Gasteiger partial charge in [0.05, 0.1) is 34.1 Å². The molecule has 0 amide bonds. The number of benzene rings is 5. The molecule has 0 atom stereocenters. The first-order valence-corrected chi connectivity index (χ1v) is 13.5. The number of rotatable bonds is 1. The molecule has 186 valence electrons. The second-order valence-electron chi connectivity index (χ2n) is 10.3. The van der Waals surface area contributed by atoms with E-state index in [1.165, 1.54) is 27.6 Å². The molecule has 0 N–H and O–H groups in total. The van der Waals surface area contributed by atoms with Crippen molar-refractivity contribution < 1.29 is 0 Å². The van der Waals surface area contributed by atoms with Crippen LogP contribution in [0.2, 0.25) is 0 Å². The van der Waals surface area contributed by atoms with Crippen molar-refractivity contribution in [1.82, 2.24) is 18.9 Å². The normalized spacial score (nSPS) is 12.0. The van der Waals surface area contributed by atoms with Crippen molar-refractivity contribution in [1.29, 1.82) is 0 Å². The molecule has 0 unspecified atom stereocenters. The molecule has 3 aromatic heterocycles. The molecule has 0 aliphatic heterocycles. The molecule has 0 saturated heterocycles. The summed E-state index contributed by atoms with van der Waals surface area (Å²) in [5, 5.41) is 1.20. The van der Waals surface area contributed by atoms with Gasteiger partial charge >= 0.3 is 0 Å². The molecule has 0 saturated carbocycles. The second-order valence-corrected chi connectivity index (χ2v) is 10.3. The van der Waals surface area contributed by atoms with Gasteiger partial charge in [0.15, 0.2) is 5.82 Å². The number of para-hydroxylation sites is 3. The summed E-state index contributed by atoms with van der Waals surface area (Å²) < 4.78 is 4.56. The Morgan fingerprint density at radius 3 is 1.62 bits per heavy atom. The SMILES string of the molecule is c1ccc2c(c1)-c1ccccc1-c1ncc(-n3c4ccccc4n4c5ccccc5cc34)nc1-c1ccccc1-2. The Morgan fingerprint density at radius 2 is 0.950 bits per heavy atom. The summed E-state index contributed by atoms with van der Waals surface area (Å²) in [5.41, 5.74) is 13.2. The van der Waals surface area contributed by atoms with Crippen molar-refractivity contribution in [3.05, 3.63) is 134 Å². The standard InChI is InChI=1S/C36H22N4/c1-8-18-30-23(11-1)21-34-39(30)31-19-9-10-20-32(31)40(34)33-22-37-35-28-16-6-4-14-26(28)24-12-2-3-13-25(24)27-15-5-7-17-29(27)36(35)38-33/h1-22H. The lowest BCUT2D eigenvalue weighted by atomic mass is 9.84. The third-order valence-corrected chi connectivity index (χ3v) is 8.14. The molecule has 5 aromatic carbocycles. The molecule has 0 spiro atoms. The molecule has 4 heteroatoms. The van der Waals surface area contributed by atoms with Gasteiger partial charge in [-0.15, -0.1) is 0 Å². The highest BCUT2D eigenvalue weighted by atomic mass is 15.2. The van der Waals surface area contributed by atoms with E-state index < -0.39 is 0 Å². The predicted molar refractivity (Wildman–Crippen MR) is 163 cm³/mol. The third kappa shape index (κ3) is 2.85. The average molecular weight is 511 g/mol. The summed E-state index contributed by atoms with van der Waals surface area (Å²) in [7, 11) is 0.